The summed E-state index contributed by atoms with van der Waals surface area (Å²) in [6.07, 6.45) is -37.8. The number of aliphatic carboxylic acids is 1. The third-order valence-electron chi connectivity index (χ3n) is 23.8. The number of fused-ring (bicyclic) bond motifs is 7. The third kappa shape index (κ3) is 11.8. The number of carboxylic acids is 1. The number of hydrogen-bond donors (Lipinski definition) is 15. The molecule has 0 aromatic heterocycles. The van der Waals surface area contributed by atoms with E-state index in [0.717, 1.165) is 5.57 Å². The van der Waals surface area contributed by atoms with Gasteiger partial charge in [0.25, 0.3) is 0 Å². The average molecular weight is 1320 g/mol. The lowest BCUT2D eigenvalue weighted by molar-refractivity contribution is -0.406. The first-order valence-corrected chi connectivity index (χ1v) is 32.1. The van der Waals surface area contributed by atoms with Crippen molar-refractivity contribution in [3.05, 3.63) is 34.9 Å². The summed E-state index contributed by atoms with van der Waals surface area (Å²) in [7, 11) is 0. The minimum Gasteiger partial charge on any atom is -0.479 e. The van der Waals surface area contributed by atoms with Crippen LogP contribution in [0.5, 0.6) is 0 Å². The Morgan fingerprint density at radius 1 is 0.576 bits per heavy atom. The van der Waals surface area contributed by atoms with Crippen molar-refractivity contribution in [3.8, 4) is 0 Å². The first-order valence-electron chi connectivity index (χ1n) is 32.1. The van der Waals surface area contributed by atoms with Crippen LogP contribution in [0, 0.1) is 50.2 Å². The molecule has 32 atom stereocenters. The number of esters is 2. The van der Waals surface area contributed by atoms with Gasteiger partial charge in [0.2, 0.25) is 0 Å². The molecule has 4 heterocycles. The minimum absolute atomic E-state index is 0.220. The van der Waals surface area contributed by atoms with Gasteiger partial charge in [0, 0.05) is 22.0 Å². The Balaban J connectivity index is 1.07. The molecule has 5 aliphatic carbocycles. The number of hydrogen-bond acceptors (Lipinski definition) is 27. The molecule has 0 aromatic rings. The van der Waals surface area contributed by atoms with Crippen LogP contribution in [-0.2, 0) is 61.8 Å². The number of carbonyl (C=O) groups excluding carboxylic acids is 2. The molecule has 0 bridgehead atoms. The van der Waals surface area contributed by atoms with Crippen LogP contribution in [-0.4, -0.2) is 268 Å². The van der Waals surface area contributed by atoms with Crippen molar-refractivity contribution < 1.29 is 138 Å². The highest BCUT2D eigenvalue weighted by Gasteiger charge is 2.77. The lowest BCUT2D eigenvalue weighted by atomic mass is 9.32. The van der Waals surface area contributed by atoms with Gasteiger partial charge in [-0.05, 0) is 107 Å². The highest BCUT2D eigenvalue weighted by molar-refractivity contribution is 5.89. The van der Waals surface area contributed by atoms with Crippen LogP contribution in [0.4, 0.5) is 0 Å². The molecule has 4 aliphatic heterocycles. The van der Waals surface area contributed by atoms with Crippen molar-refractivity contribution in [1.82, 2.24) is 0 Å². The van der Waals surface area contributed by atoms with Crippen LogP contribution in [0.3, 0.4) is 0 Å². The van der Waals surface area contributed by atoms with Crippen molar-refractivity contribution in [2.24, 2.45) is 50.2 Å². The predicted molar refractivity (Wildman–Crippen MR) is 314 cm³/mol. The molecule has 6 unspecified atom stereocenters. The number of carboxylic acid groups (broad SMARTS) is 1. The van der Waals surface area contributed by atoms with Gasteiger partial charge in [-0.25, -0.2) is 14.4 Å². The Morgan fingerprint density at radius 2 is 1.10 bits per heavy atom. The second-order valence-corrected chi connectivity index (χ2v) is 29.3. The standard InChI is InChI=1S/C64H100O28/c1-13-25(3)53(81)91-50-51(92-54(82)26(4)14-2)64(24-67)29(21-59(50,6)7)28-15-16-33-61(10)19-18-34(60(8,9)32(61)17-20-62(33,11)63(28,12)48(77)49(64)78)86-58-47(90-56-42(75)39(72)36(69)30(22-65)84-56)44(43(76)45(88-58)52(79)80)87-57-46(40(73)37(70)31(23-66)85-57)89-55-41(74)38(71)35(68)27(5)83-55/h13-15,27,29-51,55-58,65-78H,16-24H2,1-12H3,(H,79,80)/b25-13+,26-14+/t27?,29-,30+,31+,32-,33+,34-,35?,36+,37-,38?,39-,40-,41?,42+,43-,44-,45-,46?,47+,48-,49+,50-,51-,55?,56-,57-,58+,61-,62+,63-,64-/m0/s1. The molecular weight excluding hydrogens is 1220 g/mol. The van der Waals surface area contributed by atoms with Gasteiger partial charge in [-0.3, -0.25) is 0 Å². The number of allylic oxidation sites excluding steroid dienone is 3. The minimum atomic E-state index is -2.31. The Labute approximate surface area is 534 Å². The monoisotopic (exact) mass is 1320 g/mol. The molecule has 92 heavy (non-hydrogen) atoms. The summed E-state index contributed by atoms with van der Waals surface area (Å²) in [5.74, 6) is -4.35. The molecule has 0 spiro atoms. The number of rotatable bonds is 16. The van der Waals surface area contributed by atoms with E-state index in [1.165, 1.54) is 6.92 Å². The number of aliphatic hydroxyl groups excluding tert-OH is 14. The van der Waals surface area contributed by atoms with Gasteiger partial charge in [-0.15, -0.1) is 0 Å². The van der Waals surface area contributed by atoms with E-state index in [2.05, 4.69) is 19.9 Å². The SMILES string of the molecule is C/C=C(\C)C(=O)O[C@H]1[C@H](OC(=O)/C(C)=C/C)[C@]2(CO)[C@H](O)[C@H](O)[C@]3(C)C(=CC[C@@H]4[C@@]5(C)CC[C@H](O[C@@H]6O[C@H](C(=O)O)[C@@H](O)[C@H](O[C@@H]7O[C@H](CO)[C@H](O)[C@H](O)C7OC7OC(C)C(O)C(O)C7O)[C@H]6O[C@@H]6O[C@H](CO)[C@@H](O)[C@H](O)[C@H]6O)C(C)(C)[C@@H]5CC[C@]43C)[C@@H]2CC1(C)C. The first-order chi connectivity index (χ1) is 42.9. The maximum absolute atomic E-state index is 13.9. The molecule has 524 valence electrons. The fourth-order valence-corrected chi connectivity index (χ4v) is 17.8. The fourth-order valence-electron chi connectivity index (χ4n) is 17.8. The molecule has 28 heteroatoms. The van der Waals surface area contributed by atoms with Gasteiger partial charge >= 0.3 is 17.9 Å². The molecular formula is C64H100O28. The summed E-state index contributed by atoms with van der Waals surface area (Å²) in [4.78, 5) is 40.9. The zero-order valence-electron chi connectivity index (χ0n) is 54.3. The van der Waals surface area contributed by atoms with Crippen molar-refractivity contribution in [1.29, 1.82) is 0 Å². The highest BCUT2D eigenvalue weighted by atomic mass is 16.8. The predicted octanol–water partition coefficient (Wildman–Crippen LogP) is -1.52. The lowest BCUT2D eigenvalue weighted by Crippen LogP contribution is -2.76. The summed E-state index contributed by atoms with van der Waals surface area (Å²) >= 11 is 0. The zero-order valence-corrected chi connectivity index (χ0v) is 54.3. The van der Waals surface area contributed by atoms with E-state index in [4.69, 9.17) is 47.4 Å². The van der Waals surface area contributed by atoms with Crippen LogP contribution < -0.4 is 0 Å². The van der Waals surface area contributed by atoms with E-state index in [0.29, 0.717) is 25.7 Å². The second kappa shape index (κ2) is 26.9. The molecule has 9 aliphatic rings. The largest absolute Gasteiger partial charge is 0.479 e. The zero-order chi connectivity index (χ0) is 68.2. The molecule has 15 N–H and O–H groups in total. The quantitative estimate of drug-likeness (QED) is 0.0361. The highest BCUT2D eigenvalue weighted by Crippen LogP contribution is 2.76. The van der Waals surface area contributed by atoms with Gasteiger partial charge in [0.05, 0.1) is 49.7 Å². The van der Waals surface area contributed by atoms with Gasteiger partial charge < -0.3 is 124 Å². The summed E-state index contributed by atoms with van der Waals surface area (Å²) in [6, 6.07) is 0. The second-order valence-electron chi connectivity index (χ2n) is 29.3. The Bertz CT molecular complexity index is 2760. The molecule has 8 fully saturated rings. The summed E-state index contributed by atoms with van der Waals surface area (Å²) < 4.78 is 61.7. The van der Waals surface area contributed by atoms with Crippen LogP contribution in [0.25, 0.3) is 0 Å². The average Bonchev–Trinajstić information content (AvgIpc) is 0.663. The van der Waals surface area contributed by atoms with E-state index in [1.54, 1.807) is 39.8 Å². The van der Waals surface area contributed by atoms with Crippen LogP contribution >= 0.6 is 0 Å². The summed E-state index contributed by atoms with van der Waals surface area (Å²) in [5.41, 5.74) is -4.87. The van der Waals surface area contributed by atoms with Gasteiger partial charge in [0.1, 0.15) is 91.6 Å². The molecule has 9 rings (SSSR count). The van der Waals surface area contributed by atoms with Crippen molar-refractivity contribution >= 4 is 17.9 Å². The smallest absolute Gasteiger partial charge is 0.335 e. The number of aliphatic hydroxyl groups is 14. The van der Waals surface area contributed by atoms with E-state index in [1.807, 2.05) is 34.6 Å². The van der Waals surface area contributed by atoms with Crippen molar-refractivity contribution in [2.75, 3.05) is 19.8 Å². The van der Waals surface area contributed by atoms with Gasteiger partial charge in [0.15, 0.2) is 37.4 Å². The first kappa shape index (κ1) is 73.0. The molecule has 4 saturated carbocycles. The van der Waals surface area contributed by atoms with Crippen molar-refractivity contribution in [3.63, 3.8) is 0 Å². The number of carbonyl (C=O) groups is 3. The normalized spacial score (nSPS) is 50.2. The molecule has 28 nitrogen and oxygen atoms in total. The molecule has 0 amide bonds. The Kier molecular flexibility index (Phi) is 21.3. The van der Waals surface area contributed by atoms with E-state index < -0.39 is 229 Å². The van der Waals surface area contributed by atoms with E-state index >= 15 is 0 Å². The van der Waals surface area contributed by atoms with Crippen LogP contribution in [0.2, 0.25) is 0 Å². The summed E-state index contributed by atoms with van der Waals surface area (Å²) in [5, 5.41) is 170. The van der Waals surface area contributed by atoms with Crippen LogP contribution in [0.15, 0.2) is 34.9 Å². The topological polar surface area (TPSA) is 447 Å². The molecule has 0 aromatic carbocycles. The van der Waals surface area contributed by atoms with Crippen molar-refractivity contribution in [2.45, 2.75) is 275 Å². The lowest BCUT2D eigenvalue weighted by Gasteiger charge is -2.73. The maximum atomic E-state index is 13.9. The Hall–Kier alpha value is -3.25. The number of ether oxygens (including phenoxy) is 10. The molecule has 0 radical (unpaired) electrons. The van der Waals surface area contributed by atoms with Crippen LogP contribution in [0.1, 0.15) is 122 Å². The van der Waals surface area contributed by atoms with Gasteiger partial charge in [-0.1, -0.05) is 72.3 Å². The fraction of sp³-hybridized carbons (Fsp3) is 0.859. The summed E-state index contributed by atoms with van der Waals surface area (Å²) in [6.45, 7) is 19.2. The maximum Gasteiger partial charge on any atom is 0.335 e. The third-order valence-corrected chi connectivity index (χ3v) is 23.8. The Morgan fingerprint density at radius 3 is 1.66 bits per heavy atom. The van der Waals surface area contributed by atoms with E-state index in [-0.39, 0.29) is 35.8 Å². The molecule has 4 saturated heterocycles. The van der Waals surface area contributed by atoms with Gasteiger partial charge in [-0.2, -0.15) is 0 Å². The van der Waals surface area contributed by atoms with E-state index in [9.17, 15) is 91.0 Å².